The second-order valence-electron chi connectivity index (χ2n) is 2.58. The summed E-state index contributed by atoms with van der Waals surface area (Å²) < 4.78 is 4.56. The van der Waals surface area contributed by atoms with Gasteiger partial charge in [-0.05, 0) is 22.6 Å². The van der Waals surface area contributed by atoms with Crippen LogP contribution < -0.4 is 0 Å². The van der Waals surface area contributed by atoms with Crippen molar-refractivity contribution in [1.29, 1.82) is 0 Å². The van der Waals surface area contributed by atoms with Gasteiger partial charge in [0.05, 0.1) is 3.70 Å². The van der Waals surface area contributed by atoms with E-state index in [9.17, 15) is 0 Å². The maximum atomic E-state index is 2.31. The smallest absolute Gasteiger partial charge is 0.238 e. The van der Waals surface area contributed by atoms with Crippen molar-refractivity contribution in [3.8, 4) is 0 Å². The van der Waals surface area contributed by atoms with Gasteiger partial charge in [-0.2, -0.15) is 0 Å². The van der Waals surface area contributed by atoms with Crippen LogP contribution in [0.4, 0.5) is 0 Å². The fourth-order valence-electron chi connectivity index (χ4n) is 0.356. The van der Waals surface area contributed by atoms with Gasteiger partial charge in [0.15, 0.2) is 0 Å². The molecular formula is C7H13I2N2+. The molecule has 0 amide bonds. The van der Waals surface area contributed by atoms with Crippen molar-refractivity contribution in [1.82, 2.24) is 4.90 Å². The largest absolute Gasteiger partial charge is 0.373 e. The monoisotopic (exact) mass is 379 g/mol. The molecule has 0 bridgehead atoms. The van der Waals surface area contributed by atoms with Crippen LogP contribution in [0.25, 0.3) is 0 Å². The molecule has 0 aromatic rings. The lowest BCUT2D eigenvalue weighted by Crippen LogP contribution is -2.09. The van der Waals surface area contributed by atoms with E-state index in [1.807, 2.05) is 28.2 Å². The van der Waals surface area contributed by atoms with E-state index in [0.29, 0.717) is 0 Å². The van der Waals surface area contributed by atoms with E-state index in [2.05, 4.69) is 60.7 Å². The minimum atomic E-state index is 1.24. The number of halogens is 2. The van der Waals surface area contributed by atoms with Crippen LogP contribution in [0.2, 0.25) is 0 Å². The van der Waals surface area contributed by atoms with Crippen molar-refractivity contribution >= 4 is 48.9 Å². The summed E-state index contributed by atoms with van der Waals surface area (Å²) in [4.78, 5) is 2.09. The quantitative estimate of drug-likeness (QED) is 0.308. The van der Waals surface area contributed by atoms with Crippen molar-refractivity contribution < 1.29 is 4.58 Å². The van der Waals surface area contributed by atoms with E-state index in [-0.39, 0.29) is 0 Å². The molecule has 11 heavy (non-hydrogen) atoms. The van der Waals surface area contributed by atoms with Crippen LogP contribution in [0.1, 0.15) is 0 Å². The van der Waals surface area contributed by atoms with Crippen molar-refractivity contribution in [2.24, 2.45) is 0 Å². The van der Waals surface area contributed by atoms with Crippen LogP contribution in [0.15, 0.2) is 9.78 Å². The van der Waals surface area contributed by atoms with Crippen LogP contribution >= 0.6 is 45.2 Å². The van der Waals surface area contributed by atoms with Crippen molar-refractivity contribution in [3.05, 3.63) is 9.78 Å². The SMILES string of the molecule is CN(C)/C(I)=C/C(I)=[N+](C)C. The first-order valence-corrected chi connectivity index (χ1v) is 5.35. The molecule has 0 fully saturated rings. The van der Waals surface area contributed by atoms with Crippen LogP contribution in [-0.4, -0.2) is 41.4 Å². The number of hydrogen-bond acceptors (Lipinski definition) is 1. The molecule has 0 aliphatic heterocycles. The summed E-state index contributed by atoms with van der Waals surface area (Å²) in [5.74, 6) is 0. The molecule has 64 valence electrons. The summed E-state index contributed by atoms with van der Waals surface area (Å²) in [5.41, 5.74) is 0. The summed E-state index contributed by atoms with van der Waals surface area (Å²) in [6.45, 7) is 0. The van der Waals surface area contributed by atoms with E-state index in [4.69, 9.17) is 0 Å². The topological polar surface area (TPSA) is 6.25 Å². The Labute approximate surface area is 95.6 Å². The Balaban J connectivity index is 4.44. The van der Waals surface area contributed by atoms with Gasteiger partial charge in [-0.25, -0.2) is 4.58 Å². The minimum absolute atomic E-state index is 1.24. The second kappa shape index (κ2) is 5.34. The molecular weight excluding hydrogens is 366 g/mol. The van der Waals surface area contributed by atoms with Crippen LogP contribution in [0, 0.1) is 0 Å². The predicted octanol–water partition coefficient (Wildman–Crippen LogP) is 1.93. The van der Waals surface area contributed by atoms with E-state index in [0.717, 1.165) is 0 Å². The normalized spacial score (nSPS) is 11.3. The molecule has 0 aromatic carbocycles. The number of rotatable bonds is 2. The Morgan fingerprint density at radius 3 is 2.00 bits per heavy atom. The van der Waals surface area contributed by atoms with Gasteiger partial charge in [0, 0.05) is 42.8 Å². The molecule has 0 saturated carbocycles. The molecule has 0 aliphatic rings. The second-order valence-corrected chi connectivity index (χ2v) is 4.79. The van der Waals surface area contributed by atoms with Gasteiger partial charge in [-0.1, -0.05) is 0 Å². The highest BCUT2D eigenvalue weighted by Crippen LogP contribution is 2.09. The zero-order chi connectivity index (χ0) is 9.02. The Hall–Kier alpha value is 0.670. The van der Waals surface area contributed by atoms with Gasteiger partial charge in [0.1, 0.15) is 14.1 Å². The molecule has 2 nitrogen and oxygen atoms in total. The summed E-state index contributed by atoms with van der Waals surface area (Å²) in [5, 5.41) is 0. The molecule has 0 radical (unpaired) electrons. The van der Waals surface area contributed by atoms with Crippen molar-refractivity contribution in [2.45, 2.75) is 0 Å². The number of nitrogens with zero attached hydrogens (tertiary/aromatic N) is 2. The molecule has 0 saturated heterocycles. The van der Waals surface area contributed by atoms with Gasteiger partial charge in [-0.15, -0.1) is 0 Å². The zero-order valence-corrected chi connectivity index (χ0v) is 11.5. The van der Waals surface area contributed by atoms with Gasteiger partial charge in [0.25, 0.3) is 0 Å². The van der Waals surface area contributed by atoms with Crippen molar-refractivity contribution in [3.63, 3.8) is 0 Å². The molecule has 0 N–H and O–H groups in total. The van der Waals surface area contributed by atoms with Crippen LogP contribution in [0.3, 0.4) is 0 Å². The standard InChI is InChI=1S/C7H13I2N2/c1-10(2)6(8)5-7(9)11(3)4/h5H,1-4H3/q+1. The zero-order valence-electron chi connectivity index (χ0n) is 7.23. The third-order valence-corrected chi connectivity index (χ3v) is 3.65. The van der Waals surface area contributed by atoms with Gasteiger partial charge in [0.2, 0.25) is 3.72 Å². The summed E-state index contributed by atoms with van der Waals surface area (Å²) >= 11 is 4.63. The highest BCUT2D eigenvalue weighted by Gasteiger charge is 2.00. The van der Waals surface area contributed by atoms with E-state index < -0.39 is 0 Å². The molecule has 0 aliphatic carbocycles. The molecule has 0 aromatic heterocycles. The van der Waals surface area contributed by atoms with Crippen molar-refractivity contribution in [2.75, 3.05) is 28.2 Å². The molecule has 0 spiro atoms. The first-order chi connectivity index (χ1) is 4.95. The fraction of sp³-hybridized carbons (Fsp3) is 0.571. The lowest BCUT2D eigenvalue weighted by Gasteiger charge is -2.08. The molecule has 0 unspecified atom stereocenters. The Morgan fingerprint density at radius 1 is 1.27 bits per heavy atom. The maximum Gasteiger partial charge on any atom is 0.238 e. The highest BCUT2D eigenvalue weighted by atomic mass is 127. The first kappa shape index (κ1) is 11.7. The lowest BCUT2D eigenvalue weighted by molar-refractivity contribution is -0.459. The van der Waals surface area contributed by atoms with Gasteiger partial charge >= 0.3 is 0 Å². The number of allylic oxidation sites excluding steroid dienone is 1. The predicted molar refractivity (Wildman–Crippen MR) is 66.9 cm³/mol. The average molecular weight is 379 g/mol. The Bertz CT molecular complexity index is 191. The van der Waals surface area contributed by atoms with E-state index in [1.165, 1.54) is 7.42 Å². The third kappa shape index (κ3) is 5.00. The summed E-state index contributed by atoms with van der Waals surface area (Å²) in [6.07, 6.45) is 2.14. The first-order valence-electron chi connectivity index (χ1n) is 3.19. The molecule has 0 atom stereocenters. The average Bonchev–Trinajstić information content (AvgIpc) is 1.87. The third-order valence-electron chi connectivity index (χ3n) is 1.09. The molecule has 4 heteroatoms. The van der Waals surface area contributed by atoms with Crippen LogP contribution in [-0.2, 0) is 0 Å². The summed E-state index contributed by atoms with van der Waals surface area (Å²) in [6, 6.07) is 0. The maximum absolute atomic E-state index is 2.31. The van der Waals surface area contributed by atoms with E-state index >= 15 is 0 Å². The van der Waals surface area contributed by atoms with Crippen LogP contribution in [0.5, 0.6) is 0 Å². The van der Waals surface area contributed by atoms with Gasteiger partial charge in [-0.3, -0.25) is 0 Å². The number of hydrogen-bond donors (Lipinski definition) is 0. The van der Waals surface area contributed by atoms with E-state index in [1.54, 1.807) is 0 Å². The minimum Gasteiger partial charge on any atom is -0.373 e. The summed E-state index contributed by atoms with van der Waals surface area (Å²) in [7, 11) is 8.16. The Kier molecular flexibility index (Phi) is 5.66. The van der Waals surface area contributed by atoms with Gasteiger partial charge < -0.3 is 4.90 Å². The molecule has 0 heterocycles. The lowest BCUT2D eigenvalue weighted by atomic mass is 10.6. The highest BCUT2D eigenvalue weighted by molar-refractivity contribution is 14.1. The Morgan fingerprint density at radius 2 is 1.73 bits per heavy atom. The molecule has 0 rings (SSSR count). The fourth-order valence-corrected chi connectivity index (χ4v) is 1.54.